The second-order valence-corrected chi connectivity index (χ2v) is 7.20. The minimum Gasteiger partial charge on any atom is -0.504 e. The average Bonchev–Trinajstić information content (AvgIpc) is 2.66. The molecule has 0 fully saturated rings. The van der Waals surface area contributed by atoms with E-state index in [0.717, 1.165) is 0 Å². The number of hydrogen-bond donors (Lipinski definition) is 3. The summed E-state index contributed by atoms with van der Waals surface area (Å²) >= 11 is 15.0. The number of amides is 2. The number of rotatable bonds is 7. The molecule has 0 unspecified atom stereocenters. The van der Waals surface area contributed by atoms with E-state index in [9.17, 15) is 14.7 Å². The van der Waals surface area contributed by atoms with Crippen molar-refractivity contribution >= 4 is 57.2 Å². The molecule has 2 aromatic carbocycles. The highest BCUT2D eigenvalue weighted by Crippen LogP contribution is 2.32. The van der Waals surface area contributed by atoms with Gasteiger partial charge in [-0.15, -0.1) is 0 Å². The Balaban J connectivity index is 1.83. The third-order valence-corrected chi connectivity index (χ3v) is 4.70. The van der Waals surface area contributed by atoms with Crippen molar-refractivity contribution in [3.63, 3.8) is 0 Å². The zero-order valence-corrected chi connectivity index (χ0v) is 17.7. The van der Waals surface area contributed by atoms with Crippen molar-refractivity contribution in [3.8, 4) is 11.5 Å². The van der Waals surface area contributed by atoms with Crippen LogP contribution in [0.1, 0.15) is 22.3 Å². The highest BCUT2D eigenvalue weighted by molar-refractivity contribution is 9.10. The number of nitrogens with one attached hydrogen (secondary N) is 2. The molecule has 0 spiro atoms. The standard InChI is InChI=1S/C18H16BrCl2N3O4/c1-28-15-8-12(19)6-11(17(15)26)9-23-24-16(25)4-5-22-18(27)10-2-3-13(20)14(21)7-10/h2-3,6-9,26H,4-5H2,1H3,(H,22,27)(H,24,25)/b23-9+. The number of ether oxygens (including phenoxy) is 1. The number of benzene rings is 2. The molecule has 10 heteroatoms. The molecule has 2 rings (SSSR count). The van der Waals surface area contributed by atoms with E-state index in [1.165, 1.54) is 31.5 Å². The lowest BCUT2D eigenvalue weighted by atomic mass is 10.2. The van der Waals surface area contributed by atoms with E-state index in [-0.39, 0.29) is 35.4 Å². The Labute approximate surface area is 179 Å². The van der Waals surface area contributed by atoms with Crippen LogP contribution < -0.4 is 15.5 Å². The van der Waals surface area contributed by atoms with Crippen LogP contribution in [0, 0.1) is 0 Å². The normalized spacial score (nSPS) is 10.7. The molecule has 0 aliphatic carbocycles. The van der Waals surface area contributed by atoms with Crippen LogP contribution in [-0.4, -0.2) is 36.8 Å². The first kappa shape index (κ1) is 22.0. The molecule has 0 saturated heterocycles. The van der Waals surface area contributed by atoms with Crippen molar-refractivity contribution in [3.05, 3.63) is 56.0 Å². The molecule has 2 aromatic rings. The van der Waals surface area contributed by atoms with E-state index in [4.69, 9.17) is 27.9 Å². The van der Waals surface area contributed by atoms with Gasteiger partial charge in [0.15, 0.2) is 11.5 Å². The van der Waals surface area contributed by atoms with Gasteiger partial charge in [-0.3, -0.25) is 9.59 Å². The average molecular weight is 489 g/mol. The first-order valence-electron chi connectivity index (χ1n) is 7.93. The van der Waals surface area contributed by atoms with Gasteiger partial charge in [-0.2, -0.15) is 5.10 Å². The summed E-state index contributed by atoms with van der Waals surface area (Å²) in [5.41, 5.74) is 3.02. The molecule has 0 atom stereocenters. The van der Waals surface area contributed by atoms with Crippen molar-refractivity contribution in [1.29, 1.82) is 0 Å². The van der Waals surface area contributed by atoms with Gasteiger partial charge >= 0.3 is 0 Å². The van der Waals surface area contributed by atoms with Crippen molar-refractivity contribution in [2.24, 2.45) is 5.10 Å². The molecule has 0 radical (unpaired) electrons. The molecule has 2 amide bonds. The molecule has 28 heavy (non-hydrogen) atoms. The summed E-state index contributed by atoms with van der Waals surface area (Å²) in [7, 11) is 1.43. The number of nitrogens with zero attached hydrogens (tertiary/aromatic N) is 1. The summed E-state index contributed by atoms with van der Waals surface area (Å²) in [6, 6.07) is 7.72. The zero-order chi connectivity index (χ0) is 20.7. The number of phenolic OH excluding ortho intramolecular Hbond substituents is 1. The predicted molar refractivity (Wildman–Crippen MR) is 112 cm³/mol. The smallest absolute Gasteiger partial charge is 0.251 e. The van der Waals surface area contributed by atoms with Crippen molar-refractivity contribution in [2.75, 3.05) is 13.7 Å². The molecule has 148 valence electrons. The van der Waals surface area contributed by atoms with Crippen LogP contribution in [0.4, 0.5) is 0 Å². The van der Waals surface area contributed by atoms with Crippen LogP contribution in [0.15, 0.2) is 39.9 Å². The van der Waals surface area contributed by atoms with E-state index in [2.05, 4.69) is 31.8 Å². The number of methoxy groups -OCH3 is 1. The van der Waals surface area contributed by atoms with E-state index in [1.807, 2.05) is 0 Å². The van der Waals surface area contributed by atoms with Crippen LogP contribution in [0.2, 0.25) is 10.0 Å². The number of aromatic hydroxyl groups is 1. The van der Waals surface area contributed by atoms with Crippen LogP contribution in [-0.2, 0) is 4.79 Å². The fourth-order valence-electron chi connectivity index (χ4n) is 2.11. The Hall–Kier alpha value is -2.29. The summed E-state index contributed by atoms with van der Waals surface area (Å²) in [5, 5.41) is 17.0. The molecule has 0 saturated carbocycles. The maximum atomic E-state index is 12.0. The second kappa shape index (κ2) is 10.3. The van der Waals surface area contributed by atoms with Gasteiger partial charge in [-0.1, -0.05) is 39.1 Å². The Bertz CT molecular complexity index is 922. The molecule has 7 nitrogen and oxygen atoms in total. The van der Waals surface area contributed by atoms with E-state index < -0.39 is 5.91 Å². The maximum Gasteiger partial charge on any atom is 0.251 e. The largest absolute Gasteiger partial charge is 0.504 e. The summed E-state index contributed by atoms with van der Waals surface area (Å²) in [5.74, 6) is -0.613. The topological polar surface area (TPSA) is 100 Å². The molecule has 0 aliphatic rings. The summed E-state index contributed by atoms with van der Waals surface area (Å²) in [6.07, 6.45) is 1.30. The van der Waals surface area contributed by atoms with Crippen LogP contribution in [0.25, 0.3) is 0 Å². The van der Waals surface area contributed by atoms with E-state index >= 15 is 0 Å². The van der Waals surface area contributed by atoms with E-state index in [0.29, 0.717) is 20.6 Å². The number of hydrazone groups is 1. The van der Waals surface area contributed by atoms with Crippen LogP contribution in [0.3, 0.4) is 0 Å². The monoisotopic (exact) mass is 487 g/mol. The maximum absolute atomic E-state index is 12.0. The van der Waals surface area contributed by atoms with Crippen molar-refractivity contribution in [1.82, 2.24) is 10.7 Å². The number of halogens is 3. The number of phenols is 1. The van der Waals surface area contributed by atoms with Crippen molar-refractivity contribution in [2.45, 2.75) is 6.42 Å². The Morgan fingerprint density at radius 2 is 2.00 bits per heavy atom. The lowest BCUT2D eigenvalue weighted by Gasteiger charge is -2.07. The SMILES string of the molecule is COc1cc(Br)cc(/C=N/NC(=O)CCNC(=O)c2ccc(Cl)c(Cl)c2)c1O. The number of carbonyl (C=O) groups excluding carboxylic acids is 2. The van der Waals surface area contributed by atoms with Gasteiger partial charge in [0.25, 0.3) is 5.91 Å². The fraction of sp³-hybridized carbons (Fsp3) is 0.167. The molecule has 0 aliphatic heterocycles. The predicted octanol–water partition coefficient (Wildman–Crippen LogP) is 3.74. The fourth-order valence-corrected chi connectivity index (χ4v) is 2.86. The Morgan fingerprint density at radius 3 is 2.68 bits per heavy atom. The summed E-state index contributed by atoms with van der Waals surface area (Å²) in [4.78, 5) is 23.8. The second-order valence-electron chi connectivity index (χ2n) is 5.47. The molecular weight excluding hydrogens is 473 g/mol. The van der Waals surface area contributed by atoms with Gasteiger partial charge in [-0.25, -0.2) is 5.43 Å². The van der Waals surface area contributed by atoms with Gasteiger partial charge in [-0.05, 0) is 30.3 Å². The van der Waals surface area contributed by atoms with Crippen molar-refractivity contribution < 1.29 is 19.4 Å². The lowest BCUT2D eigenvalue weighted by Crippen LogP contribution is -2.29. The first-order chi connectivity index (χ1) is 13.3. The molecule has 0 aromatic heterocycles. The molecule has 0 heterocycles. The molecule has 0 bridgehead atoms. The summed E-state index contributed by atoms with van der Waals surface area (Å²) in [6.45, 7) is 0.108. The number of hydrogen-bond acceptors (Lipinski definition) is 5. The molecular formula is C18H16BrCl2N3O4. The highest BCUT2D eigenvalue weighted by Gasteiger charge is 2.10. The van der Waals surface area contributed by atoms with Gasteiger partial charge in [0, 0.05) is 28.6 Å². The summed E-state index contributed by atoms with van der Waals surface area (Å²) < 4.78 is 5.72. The van der Waals surface area contributed by atoms with Gasteiger partial charge in [0.2, 0.25) is 5.91 Å². The Kier molecular flexibility index (Phi) is 8.10. The van der Waals surface area contributed by atoms with Crippen LogP contribution in [0.5, 0.6) is 11.5 Å². The van der Waals surface area contributed by atoms with Crippen LogP contribution >= 0.6 is 39.1 Å². The minimum atomic E-state index is -0.410. The van der Waals surface area contributed by atoms with E-state index in [1.54, 1.807) is 12.1 Å². The Morgan fingerprint density at radius 1 is 1.25 bits per heavy atom. The first-order valence-corrected chi connectivity index (χ1v) is 9.48. The zero-order valence-electron chi connectivity index (χ0n) is 14.6. The minimum absolute atomic E-state index is 0.0121. The molecule has 3 N–H and O–H groups in total. The van der Waals surface area contributed by atoms with Gasteiger partial charge in [0.1, 0.15) is 0 Å². The van der Waals surface area contributed by atoms with Gasteiger partial charge < -0.3 is 15.2 Å². The highest BCUT2D eigenvalue weighted by atomic mass is 79.9. The third-order valence-electron chi connectivity index (χ3n) is 3.50. The lowest BCUT2D eigenvalue weighted by molar-refractivity contribution is -0.120. The quantitative estimate of drug-likeness (QED) is 0.408. The number of carbonyl (C=O) groups is 2. The third kappa shape index (κ3) is 6.12. The van der Waals surface area contributed by atoms with Gasteiger partial charge in [0.05, 0.1) is 23.4 Å².